The zero-order valence-corrected chi connectivity index (χ0v) is 12.8. The monoisotopic (exact) mass is 310 g/mol. The van der Waals surface area contributed by atoms with Gasteiger partial charge in [0.25, 0.3) is 0 Å². The number of hydrogen-bond donors (Lipinski definition) is 1. The van der Waals surface area contributed by atoms with Gasteiger partial charge in [-0.1, -0.05) is 6.07 Å². The van der Waals surface area contributed by atoms with E-state index in [9.17, 15) is 8.42 Å². The van der Waals surface area contributed by atoms with Crippen molar-refractivity contribution in [3.8, 4) is 0 Å². The van der Waals surface area contributed by atoms with Gasteiger partial charge in [0.05, 0.1) is 5.75 Å². The summed E-state index contributed by atoms with van der Waals surface area (Å²) >= 11 is 1.62. The molecule has 2 heterocycles. The van der Waals surface area contributed by atoms with Crippen molar-refractivity contribution < 1.29 is 8.42 Å². The molecule has 0 aromatic carbocycles. The Hall–Kier alpha value is -0.140. The van der Waals surface area contributed by atoms with Crippen LogP contribution in [0.2, 0.25) is 0 Å². The average molecular weight is 311 g/mol. The molecule has 7 heteroatoms. The molecule has 1 fully saturated rings. The number of piperazine rings is 1. The predicted octanol–water partition coefficient (Wildman–Crippen LogP) is 1.34. The van der Waals surface area contributed by atoms with Crippen LogP contribution in [0.25, 0.3) is 0 Å². The van der Waals surface area contributed by atoms with Crippen LogP contribution >= 0.6 is 23.7 Å². The highest BCUT2D eigenvalue weighted by atomic mass is 35.5. The van der Waals surface area contributed by atoms with E-state index in [1.54, 1.807) is 15.6 Å². The van der Waals surface area contributed by atoms with Crippen LogP contribution in [0.4, 0.5) is 0 Å². The molecule has 1 atom stereocenters. The van der Waals surface area contributed by atoms with Crippen LogP contribution in [0.15, 0.2) is 17.5 Å². The number of nitrogens with one attached hydrogen (secondary N) is 1. The predicted molar refractivity (Wildman–Crippen MR) is 78.1 cm³/mol. The zero-order valence-electron chi connectivity index (χ0n) is 10.3. The molecule has 104 valence electrons. The second-order valence-corrected chi connectivity index (χ2v) is 7.48. The minimum atomic E-state index is -3.09. The van der Waals surface area contributed by atoms with E-state index < -0.39 is 10.0 Å². The molecule has 4 nitrogen and oxygen atoms in total. The van der Waals surface area contributed by atoms with Gasteiger partial charge in [0, 0.05) is 30.6 Å². The van der Waals surface area contributed by atoms with Crippen LogP contribution in [0.3, 0.4) is 0 Å². The summed E-state index contributed by atoms with van der Waals surface area (Å²) < 4.78 is 25.9. The van der Waals surface area contributed by atoms with Gasteiger partial charge < -0.3 is 5.32 Å². The molecule has 1 aromatic rings. The second kappa shape index (κ2) is 6.86. The summed E-state index contributed by atoms with van der Waals surface area (Å²) in [5, 5.41) is 5.23. The Morgan fingerprint density at radius 1 is 1.56 bits per heavy atom. The Morgan fingerprint density at radius 2 is 2.33 bits per heavy atom. The highest BCUT2D eigenvalue weighted by molar-refractivity contribution is 7.89. The molecule has 1 N–H and O–H groups in total. The van der Waals surface area contributed by atoms with E-state index in [0.717, 1.165) is 11.4 Å². The molecular weight excluding hydrogens is 292 g/mol. The largest absolute Gasteiger partial charge is 0.312 e. The summed E-state index contributed by atoms with van der Waals surface area (Å²) in [7, 11) is -3.09. The molecule has 0 aliphatic carbocycles. The molecule has 18 heavy (non-hydrogen) atoms. The van der Waals surface area contributed by atoms with Crippen molar-refractivity contribution in [3.05, 3.63) is 22.4 Å². The molecule has 0 amide bonds. The fourth-order valence-corrected chi connectivity index (χ4v) is 4.36. The average Bonchev–Trinajstić information content (AvgIpc) is 2.79. The number of rotatable bonds is 4. The molecular formula is C11H19ClN2O2S2. The molecule has 1 aromatic heterocycles. The number of sulfonamides is 1. The zero-order chi connectivity index (χ0) is 12.3. The number of nitrogens with zero attached hydrogens (tertiary/aromatic N) is 1. The van der Waals surface area contributed by atoms with Crippen LogP contribution in [-0.2, 0) is 16.4 Å². The van der Waals surface area contributed by atoms with Crippen molar-refractivity contribution in [2.45, 2.75) is 19.4 Å². The summed E-state index contributed by atoms with van der Waals surface area (Å²) in [6.45, 7) is 3.95. The summed E-state index contributed by atoms with van der Waals surface area (Å²) in [6.07, 6.45) is 0.623. The van der Waals surface area contributed by atoms with E-state index in [2.05, 4.69) is 5.32 Å². The Kier molecular flexibility index (Phi) is 6.07. The summed E-state index contributed by atoms with van der Waals surface area (Å²) in [6, 6.07) is 4.19. The highest BCUT2D eigenvalue weighted by Gasteiger charge is 2.26. The lowest BCUT2D eigenvalue weighted by atomic mass is 10.3. The molecule has 0 spiro atoms. The Balaban J connectivity index is 0.00000162. The lowest BCUT2D eigenvalue weighted by molar-refractivity contribution is 0.310. The van der Waals surface area contributed by atoms with Crippen LogP contribution < -0.4 is 5.32 Å². The molecule has 0 bridgehead atoms. The lowest BCUT2D eigenvalue weighted by Gasteiger charge is -2.30. The van der Waals surface area contributed by atoms with Crippen molar-refractivity contribution in [1.29, 1.82) is 0 Å². The van der Waals surface area contributed by atoms with E-state index in [4.69, 9.17) is 0 Å². The standard InChI is InChI=1S/C11H18N2O2S2.ClH/c1-10-9-13(6-5-12-10)17(14,15)8-4-11-3-2-7-16-11;/h2-3,7,10,12H,4-6,8-9H2,1H3;1H/t10-;/m0./s1. The Bertz CT molecular complexity index is 448. The van der Waals surface area contributed by atoms with Crippen LogP contribution in [-0.4, -0.2) is 44.2 Å². The fraction of sp³-hybridized carbons (Fsp3) is 0.636. The van der Waals surface area contributed by atoms with Crippen LogP contribution in [0.5, 0.6) is 0 Å². The van der Waals surface area contributed by atoms with E-state index in [0.29, 0.717) is 19.5 Å². The smallest absolute Gasteiger partial charge is 0.214 e. The van der Waals surface area contributed by atoms with Gasteiger partial charge in [-0.3, -0.25) is 0 Å². The fourth-order valence-electron chi connectivity index (χ4n) is 1.96. The first-order chi connectivity index (χ1) is 8.08. The summed E-state index contributed by atoms with van der Waals surface area (Å²) in [4.78, 5) is 1.14. The summed E-state index contributed by atoms with van der Waals surface area (Å²) in [5.41, 5.74) is 0. The summed E-state index contributed by atoms with van der Waals surface area (Å²) in [5.74, 6) is 0.222. The number of hydrogen-bond acceptors (Lipinski definition) is 4. The van der Waals surface area contributed by atoms with Gasteiger partial charge in [-0.25, -0.2) is 8.42 Å². The van der Waals surface area contributed by atoms with Crippen molar-refractivity contribution in [3.63, 3.8) is 0 Å². The maximum atomic E-state index is 12.1. The quantitative estimate of drug-likeness (QED) is 0.913. The maximum absolute atomic E-state index is 12.1. The van der Waals surface area contributed by atoms with E-state index in [1.807, 2.05) is 24.4 Å². The molecule has 1 aliphatic rings. The molecule has 2 rings (SSSR count). The Labute approximate surface area is 119 Å². The van der Waals surface area contributed by atoms with Crippen LogP contribution in [0.1, 0.15) is 11.8 Å². The van der Waals surface area contributed by atoms with Crippen molar-refractivity contribution >= 4 is 33.8 Å². The molecule has 0 unspecified atom stereocenters. The molecule has 0 radical (unpaired) electrons. The van der Waals surface area contributed by atoms with Crippen molar-refractivity contribution in [1.82, 2.24) is 9.62 Å². The van der Waals surface area contributed by atoms with Crippen molar-refractivity contribution in [2.75, 3.05) is 25.4 Å². The minimum Gasteiger partial charge on any atom is -0.312 e. The van der Waals surface area contributed by atoms with Gasteiger partial charge in [0.2, 0.25) is 10.0 Å². The lowest BCUT2D eigenvalue weighted by Crippen LogP contribution is -2.51. The number of halogens is 1. The van der Waals surface area contributed by atoms with Gasteiger partial charge in [-0.15, -0.1) is 23.7 Å². The van der Waals surface area contributed by atoms with Gasteiger partial charge in [0.1, 0.15) is 0 Å². The van der Waals surface area contributed by atoms with E-state index in [1.165, 1.54) is 0 Å². The first kappa shape index (κ1) is 15.9. The van der Waals surface area contributed by atoms with Gasteiger partial charge in [0.15, 0.2) is 0 Å². The first-order valence-electron chi connectivity index (χ1n) is 5.81. The first-order valence-corrected chi connectivity index (χ1v) is 8.30. The maximum Gasteiger partial charge on any atom is 0.214 e. The number of thiophene rings is 1. The number of aryl methyl sites for hydroxylation is 1. The van der Waals surface area contributed by atoms with Gasteiger partial charge >= 0.3 is 0 Å². The second-order valence-electron chi connectivity index (χ2n) is 4.36. The Morgan fingerprint density at radius 3 is 2.94 bits per heavy atom. The van der Waals surface area contributed by atoms with Gasteiger partial charge in [-0.05, 0) is 24.8 Å². The normalized spacial score (nSPS) is 21.5. The molecule has 1 saturated heterocycles. The minimum absolute atomic E-state index is 0. The SMILES string of the molecule is C[C@H]1CN(S(=O)(=O)CCc2cccs2)CCN1.Cl. The highest BCUT2D eigenvalue weighted by Crippen LogP contribution is 2.13. The molecule has 1 aliphatic heterocycles. The van der Waals surface area contributed by atoms with Crippen molar-refractivity contribution in [2.24, 2.45) is 0 Å². The van der Waals surface area contributed by atoms with Crippen LogP contribution in [0, 0.1) is 0 Å². The third-order valence-corrected chi connectivity index (χ3v) is 5.69. The molecule has 0 saturated carbocycles. The van der Waals surface area contributed by atoms with E-state index in [-0.39, 0.29) is 24.2 Å². The topological polar surface area (TPSA) is 49.4 Å². The van der Waals surface area contributed by atoms with Gasteiger partial charge in [-0.2, -0.15) is 4.31 Å². The van der Waals surface area contributed by atoms with E-state index >= 15 is 0 Å². The third-order valence-electron chi connectivity index (χ3n) is 2.91. The third kappa shape index (κ3) is 4.20.